The molecule has 1 aliphatic carbocycles. The fraction of sp³-hybridized carbons (Fsp3) is 0.500. The fourth-order valence-corrected chi connectivity index (χ4v) is 2.50. The predicted molar refractivity (Wildman–Crippen MR) is 70.3 cm³/mol. The van der Waals surface area contributed by atoms with E-state index in [4.69, 9.17) is 10.8 Å². The summed E-state index contributed by atoms with van der Waals surface area (Å²) < 4.78 is 13.5. The van der Waals surface area contributed by atoms with Crippen LogP contribution in [0.2, 0.25) is 0 Å². The third-order valence-corrected chi connectivity index (χ3v) is 3.69. The lowest BCUT2D eigenvalue weighted by Gasteiger charge is -2.28. The Bertz CT molecular complexity index is 465. The van der Waals surface area contributed by atoms with Gasteiger partial charge >= 0.3 is 0 Å². The molecular formula is C14H19FN2O2. The molecule has 1 aromatic carbocycles. The van der Waals surface area contributed by atoms with Crippen LogP contribution in [0.4, 0.5) is 4.39 Å². The van der Waals surface area contributed by atoms with E-state index in [2.05, 4.69) is 5.32 Å². The number of nitrogens with one attached hydrogen (secondary N) is 1. The SMILES string of the molecule is NC1CCCCC1CNC(=O)c1ccc(O)cc1F. The molecule has 2 atom stereocenters. The number of halogens is 1. The Hall–Kier alpha value is -1.62. The monoisotopic (exact) mass is 266 g/mol. The Morgan fingerprint density at radius 3 is 2.84 bits per heavy atom. The Morgan fingerprint density at radius 2 is 2.16 bits per heavy atom. The highest BCUT2D eigenvalue weighted by Gasteiger charge is 2.22. The summed E-state index contributed by atoms with van der Waals surface area (Å²) in [6.45, 7) is 0.473. The summed E-state index contributed by atoms with van der Waals surface area (Å²) in [5.74, 6) is -1.11. The summed E-state index contributed by atoms with van der Waals surface area (Å²) in [5, 5.41) is 11.8. The van der Waals surface area contributed by atoms with E-state index in [0.717, 1.165) is 31.7 Å². The number of rotatable bonds is 3. The first kappa shape index (κ1) is 13.8. The van der Waals surface area contributed by atoms with Gasteiger partial charge in [-0.2, -0.15) is 0 Å². The Balaban J connectivity index is 1.93. The maximum Gasteiger partial charge on any atom is 0.254 e. The van der Waals surface area contributed by atoms with Crippen molar-refractivity contribution in [3.05, 3.63) is 29.6 Å². The van der Waals surface area contributed by atoms with Gasteiger partial charge in [-0.1, -0.05) is 12.8 Å². The minimum Gasteiger partial charge on any atom is -0.508 e. The molecule has 2 rings (SSSR count). The summed E-state index contributed by atoms with van der Waals surface area (Å²) in [5.41, 5.74) is 5.94. The molecule has 104 valence electrons. The van der Waals surface area contributed by atoms with E-state index in [1.54, 1.807) is 0 Å². The van der Waals surface area contributed by atoms with Crippen LogP contribution in [0, 0.1) is 11.7 Å². The van der Waals surface area contributed by atoms with Crippen LogP contribution in [0.5, 0.6) is 5.75 Å². The van der Waals surface area contributed by atoms with Gasteiger partial charge in [-0.3, -0.25) is 4.79 Å². The molecular weight excluding hydrogens is 247 g/mol. The van der Waals surface area contributed by atoms with E-state index in [9.17, 15) is 9.18 Å². The summed E-state index contributed by atoms with van der Waals surface area (Å²) in [7, 11) is 0. The van der Waals surface area contributed by atoms with Gasteiger partial charge in [0.25, 0.3) is 5.91 Å². The van der Waals surface area contributed by atoms with Crippen LogP contribution >= 0.6 is 0 Å². The Kier molecular flexibility index (Phi) is 4.37. The van der Waals surface area contributed by atoms with Crippen molar-refractivity contribution in [3.8, 4) is 5.75 Å². The topological polar surface area (TPSA) is 75.3 Å². The number of phenolic OH excluding ortho intramolecular Hbond substituents is 1. The van der Waals surface area contributed by atoms with Gasteiger partial charge < -0.3 is 16.2 Å². The minimum absolute atomic E-state index is 0.0535. The number of nitrogens with two attached hydrogens (primary N) is 1. The first-order valence-corrected chi connectivity index (χ1v) is 6.60. The molecule has 0 radical (unpaired) electrons. The number of phenols is 1. The van der Waals surface area contributed by atoms with Crippen molar-refractivity contribution in [2.75, 3.05) is 6.54 Å². The smallest absolute Gasteiger partial charge is 0.254 e. The van der Waals surface area contributed by atoms with Crippen molar-refractivity contribution in [2.45, 2.75) is 31.7 Å². The number of aromatic hydroxyl groups is 1. The van der Waals surface area contributed by atoms with Crippen LogP contribution in [-0.4, -0.2) is 23.6 Å². The largest absolute Gasteiger partial charge is 0.508 e. The molecule has 0 heterocycles. The first-order chi connectivity index (χ1) is 9.08. The molecule has 4 nitrogen and oxygen atoms in total. The van der Waals surface area contributed by atoms with Crippen LogP contribution in [0.15, 0.2) is 18.2 Å². The fourth-order valence-electron chi connectivity index (χ4n) is 2.50. The average Bonchev–Trinajstić information content (AvgIpc) is 2.37. The number of benzene rings is 1. The van der Waals surface area contributed by atoms with E-state index in [0.29, 0.717) is 6.54 Å². The standard InChI is InChI=1S/C14H19FN2O2/c15-12-7-10(18)5-6-11(12)14(19)17-8-9-3-1-2-4-13(9)16/h5-7,9,13,18H,1-4,8,16H2,(H,17,19). The lowest BCUT2D eigenvalue weighted by molar-refractivity contribution is 0.0937. The van der Waals surface area contributed by atoms with Crippen LogP contribution in [0.3, 0.4) is 0 Å². The summed E-state index contributed by atoms with van der Waals surface area (Å²) in [4.78, 5) is 11.9. The zero-order valence-corrected chi connectivity index (χ0v) is 10.7. The van der Waals surface area contributed by atoms with E-state index in [1.807, 2.05) is 0 Å². The van der Waals surface area contributed by atoms with Crippen LogP contribution < -0.4 is 11.1 Å². The van der Waals surface area contributed by atoms with E-state index in [-0.39, 0.29) is 23.3 Å². The van der Waals surface area contributed by atoms with Crippen molar-refractivity contribution >= 4 is 5.91 Å². The number of carbonyl (C=O) groups excluding carboxylic acids is 1. The molecule has 1 aromatic rings. The first-order valence-electron chi connectivity index (χ1n) is 6.60. The Labute approximate surface area is 111 Å². The highest BCUT2D eigenvalue weighted by Crippen LogP contribution is 2.22. The molecule has 0 spiro atoms. The normalized spacial score (nSPS) is 23.1. The van der Waals surface area contributed by atoms with Crippen LogP contribution in [-0.2, 0) is 0 Å². The second-order valence-corrected chi connectivity index (χ2v) is 5.08. The van der Waals surface area contributed by atoms with Gasteiger partial charge in [0, 0.05) is 18.7 Å². The lowest BCUT2D eigenvalue weighted by atomic mass is 9.85. The molecule has 1 saturated carbocycles. The summed E-state index contributed by atoms with van der Waals surface area (Å²) in [6.07, 6.45) is 4.24. The maximum absolute atomic E-state index is 13.5. The third-order valence-electron chi connectivity index (χ3n) is 3.69. The van der Waals surface area contributed by atoms with Gasteiger partial charge in [-0.15, -0.1) is 0 Å². The highest BCUT2D eigenvalue weighted by molar-refractivity contribution is 5.94. The number of carbonyl (C=O) groups is 1. The molecule has 4 N–H and O–H groups in total. The molecule has 1 fully saturated rings. The molecule has 5 heteroatoms. The van der Waals surface area contributed by atoms with Gasteiger partial charge in [0.1, 0.15) is 11.6 Å². The highest BCUT2D eigenvalue weighted by atomic mass is 19.1. The van der Waals surface area contributed by atoms with Crippen LogP contribution in [0.25, 0.3) is 0 Å². The van der Waals surface area contributed by atoms with Gasteiger partial charge in [0.15, 0.2) is 0 Å². The third kappa shape index (κ3) is 3.44. The second kappa shape index (κ2) is 6.02. The van der Waals surface area contributed by atoms with Gasteiger partial charge in [-0.05, 0) is 30.9 Å². The molecule has 0 bridgehead atoms. The zero-order chi connectivity index (χ0) is 13.8. The van der Waals surface area contributed by atoms with E-state index in [1.165, 1.54) is 12.1 Å². The van der Waals surface area contributed by atoms with Gasteiger partial charge in [0.05, 0.1) is 5.56 Å². The van der Waals surface area contributed by atoms with Crippen molar-refractivity contribution in [3.63, 3.8) is 0 Å². The zero-order valence-electron chi connectivity index (χ0n) is 10.7. The molecule has 19 heavy (non-hydrogen) atoms. The van der Waals surface area contributed by atoms with E-state index < -0.39 is 11.7 Å². The van der Waals surface area contributed by atoms with Crippen molar-refractivity contribution in [2.24, 2.45) is 11.7 Å². The predicted octanol–water partition coefficient (Wildman–Crippen LogP) is 1.78. The minimum atomic E-state index is -0.717. The van der Waals surface area contributed by atoms with Crippen molar-refractivity contribution in [1.82, 2.24) is 5.32 Å². The lowest BCUT2D eigenvalue weighted by Crippen LogP contribution is -2.41. The number of amides is 1. The quantitative estimate of drug-likeness (QED) is 0.780. The molecule has 1 amide bonds. The second-order valence-electron chi connectivity index (χ2n) is 5.08. The Morgan fingerprint density at radius 1 is 1.42 bits per heavy atom. The van der Waals surface area contributed by atoms with E-state index >= 15 is 0 Å². The molecule has 0 saturated heterocycles. The number of hydrogen-bond donors (Lipinski definition) is 3. The van der Waals surface area contributed by atoms with Crippen LogP contribution in [0.1, 0.15) is 36.0 Å². The summed E-state index contributed by atoms with van der Waals surface area (Å²) in [6, 6.07) is 3.62. The molecule has 2 unspecified atom stereocenters. The molecule has 1 aliphatic rings. The number of hydrogen-bond acceptors (Lipinski definition) is 3. The molecule has 0 aromatic heterocycles. The van der Waals surface area contributed by atoms with Crippen molar-refractivity contribution in [1.29, 1.82) is 0 Å². The maximum atomic E-state index is 13.5. The summed E-state index contributed by atoms with van der Waals surface area (Å²) >= 11 is 0. The molecule has 0 aliphatic heterocycles. The van der Waals surface area contributed by atoms with Gasteiger partial charge in [-0.25, -0.2) is 4.39 Å². The van der Waals surface area contributed by atoms with Gasteiger partial charge in [0.2, 0.25) is 0 Å². The van der Waals surface area contributed by atoms with Crippen molar-refractivity contribution < 1.29 is 14.3 Å². The average molecular weight is 266 g/mol.